The zero-order chi connectivity index (χ0) is 32.8. The highest BCUT2D eigenvalue weighted by Gasteiger charge is 2.22. The number of pyridine rings is 1. The highest BCUT2D eigenvalue weighted by Crippen LogP contribution is 2.36. The molecule has 0 N–H and O–H groups in total. The van der Waals surface area contributed by atoms with Gasteiger partial charge in [0.15, 0.2) is 0 Å². The van der Waals surface area contributed by atoms with E-state index in [0.717, 1.165) is 58.6 Å². The Morgan fingerprint density at radius 1 is 0.894 bits per heavy atom. The molecule has 47 heavy (non-hydrogen) atoms. The molecule has 0 unspecified atom stereocenters. The number of hydrogen-bond acceptors (Lipinski definition) is 7. The quantitative estimate of drug-likeness (QED) is 0.181. The van der Waals surface area contributed by atoms with Crippen LogP contribution in [0, 0.1) is 25.2 Å². The van der Waals surface area contributed by atoms with E-state index in [4.69, 9.17) is 25.8 Å². The maximum absolute atomic E-state index is 13.4. The SMILES string of the molecule is Cc1c(COc2cc(OCc3cncc(C#N)c3)c(CN3CCCC3)cc2Cl)cccc1-c1cccc(C(=O)N2CCOCC2)c1C. The van der Waals surface area contributed by atoms with Gasteiger partial charge in [-0.3, -0.25) is 14.7 Å². The second-order valence-electron chi connectivity index (χ2n) is 12.1. The summed E-state index contributed by atoms with van der Waals surface area (Å²) in [6.07, 6.45) is 5.62. The van der Waals surface area contributed by atoms with E-state index in [2.05, 4.69) is 41.1 Å². The first-order valence-corrected chi connectivity index (χ1v) is 16.5. The molecule has 2 saturated heterocycles. The van der Waals surface area contributed by atoms with E-state index in [9.17, 15) is 10.1 Å². The molecule has 3 aromatic carbocycles. The fourth-order valence-corrected chi connectivity index (χ4v) is 6.54. The van der Waals surface area contributed by atoms with Crippen molar-refractivity contribution < 1.29 is 19.0 Å². The Hall–Kier alpha value is -4.42. The van der Waals surface area contributed by atoms with Crippen LogP contribution in [0.3, 0.4) is 0 Å². The van der Waals surface area contributed by atoms with Gasteiger partial charge in [-0.25, -0.2) is 0 Å². The van der Waals surface area contributed by atoms with Crippen molar-refractivity contribution in [2.45, 2.75) is 46.4 Å². The molecule has 0 aliphatic carbocycles. The normalized spacial score (nSPS) is 15.0. The van der Waals surface area contributed by atoms with Gasteiger partial charge in [0, 0.05) is 54.8 Å². The molecule has 9 heteroatoms. The number of carbonyl (C=O) groups is 1. The molecule has 6 rings (SSSR count). The van der Waals surface area contributed by atoms with Gasteiger partial charge in [0.05, 0.1) is 23.8 Å². The maximum atomic E-state index is 13.4. The summed E-state index contributed by atoms with van der Waals surface area (Å²) in [4.78, 5) is 21.8. The summed E-state index contributed by atoms with van der Waals surface area (Å²) in [5, 5.41) is 9.81. The lowest BCUT2D eigenvalue weighted by Crippen LogP contribution is -2.41. The smallest absolute Gasteiger partial charge is 0.254 e. The first-order chi connectivity index (χ1) is 22.9. The number of nitriles is 1. The number of morpholine rings is 1. The van der Waals surface area contributed by atoms with Crippen molar-refractivity contribution in [1.82, 2.24) is 14.8 Å². The van der Waals surface area contributed by atoms with Crippen molar-refractivity contribution >= 4 is 17.5 Å². The van der Waals surface area contributed by atoms with Crippen LogP contribution in [-0.2, 0) is 24.5 Å². The van der Waals surface area contributed by atoms with Crippen LogP contribution in [0.4, 0.5) is 0 Å². The van der Waals surface area contributed by atoms with E-state index in [1.165, 1.54) is 19.0 Å². The third-order valence-corrected chi connectivity index (χ3v) is 9.30. The van der Waals surface area contributed by atoms with Crippen molar-refractivity contribution in [2.24, 2.45) is 0 Å². The molecular weight excluding hydrogens is 612 g/mol. The third kappa shape index (κ3) is 7.60. The first-order valence-electron chi connectivity index (χ1n) is 16.1. The first kappa shape index (κ1) is 32.5. The molecule has 3 heterocycles. The van der Waals surface area contributed by atoms with Crippen LogP contribution in [0.5, 0.6) is 11.5 Å². The number of ether oxygens (including phenoxy) is 3. The van der Waals surface area contributed by atoms with Crippen molar-refractivity contribution in [3.05, 3.63) is 111 Å². The molecule has 1 amide bonds. The van der Waals surface area contributed by atoms with Gasteiger partial charge in [-0.15, -0.1) is 0 Å². The minimum Gasteiger partial charge on any atom is -0.488 e. The molecular formula is C38H39ClN4O4. The fourth-order valence-electron chi connectivity index (χ4n) is 6.30. The van der Waals surface area contributed by atoms with Crippen LogP contribution in [0.1, 0.15) is 56.6 Å². The molecule has 2 aliphatic heterocycles. The standard InChI is InChI=1S/C38H39ClN4O4/c1-26-30(7-5-8-32(26)33-9-6-10-34(27(33)2)38(44)43-13-15-45-16-14-43)25-47-37-19-36(46-24-29-17-28(20-40)21-41-22-29)31(18-35(37)39)23-42-11-3-4-12-42/h5-10,17-19,21-22H,3-4,11-16,23-25H2,1-2H3. The van der Waals surface area contributed by atoms with Crippen molar-refractivity contribution in [3.63, 3.8) is 0 Å². The summed E-state index contributed by atoms with van der Waals surface area (Å²) in [6, 6.07) is 19.8. The van der Waals surface area contributed by atoms with Crippen molar-refractivity contribution in [1.29, 1.82) is 5.26 Å². The largest absolute Gasteiger partial charge is 0.488 e. The number of nitrogens with zero attached hydrogens (tertiary/aromatic N) is 4. The van der Waals surface area contributed by atoms with Gasteiger partial charge in [-0.05, 0) is 85.8 Å². The van der Waals surface area contributed by atoms with Crippen LogP contribution in [0.15, 0.2) is 67.0 Å². The monoisotopic (exact) mass is 650 g/mol. The number of halogens is 1. The number of rotatable bonds is 10. The Balaban J connectivity index is 1.23. The van der Waals surface area contributed by atoms with E-state index in [1.54, 1.807) is 12.3 Å². The van der Waals surface area contributed by atoms with E-state index >= 15 is 0 Å². The molecule has 4 aromatic rings. The Bertz CT molecular complexity index is 1790. The molecule has 8 nitrogen and oxygen atoms in total. The van der Waals surface area contributed by atoms with Gasteiger partial charge >= 0.3 is 0 Å². The molecule has 0 saturated carbocycles. The topological polar surface area (TPSA) is 87.9 Å². The van der Waals surface area contributed by atoms with Crippen LogP contribution in [0.25, 0.3) is 11.1 Å². The molecule has 242 valence electrons. The van der Waals surface area contributed by atoms with Crippen molar-refractivity contribution in [3.8, 4) is 28.7 Å². The third-order valence-electron chi connectivity index (χ3n) is 9.01. The molecule has 0 radical (unpaired) electrons. The Morgan fingerprint density at radius 2 is 1.62 bits per heavy atom. The van der Waals surface area contributed by atoms with Gasteiger partial charge in [0.25, 0.3) is 5.91 Å². The number of benzene rings is 3. The van der Waals surface area contributed by atoms with Crippen LogP contribution >= 0.6 is 11.6 Å². The summed E-state index contributed by atoms with van der Waals surface area (Å²) < 4.78 is 18.1. The lowest BCUT2D eigenvalue weighted by Gasteiger charge is -2.28. The molecule has 1 aromatic heterocycles. The maximum Gasteiger partial charge on any atom is 0.254 e. The average molecular weight is 651 g/mol. The number of aromatic nitrogens is 1. The Kier molecular flexibility index (Phi) is 10.4. The highest BCUT2D eigenvalue weighted by atomic mass is 35.5. The van der Waals surface area contributed by atoms with E-state index in [1.807, 2.05) is 42.2 Å². The molecule has 0 atom stereocenters. The second kappa shape index (κ2) is 15.0. The lowest BCUT2D eigenvalue weighted by molar-refractivity contribution is 0.0302. The highest BCUT2D eigenvalue weighted by molar-refractivity contribution is 6.32. The summed E-state index contributed by atoms with van der Waals surface area (Å²) in [7, 11) is 0. The van der Waals surface area contributed by atoms with Crippen molar-refractivity contribution in [2.75, 3.05) is 39.4 Å². The fraction of sp³-hybridized carbons (Fsp3) is 0.342. The predicted octanol–water partition coefficient (Wildman–Crippen LogP) is 7.12. The summed E-state index contributed by atoms with van der Waals surface area (Å²) >= 11 is 6.82. The minimum atomic E-state index is 0.0414. The predicted molar refractivity (Wildman–Crippen MR) is 182 cm³/mol. The molecule has 2 aliphatic rings. The van der Waals surface area contributed by atoms with Gasteiger partial charge in [-0.2, -0.15) is 5.26 Å². The summed E-state index contributed by atoms with van der Waals surface area (Å²) in [5.41, 5.74) is 8.16. The van der Waals surface area contributed by atoms with Crippen LogP contribution < -0.4 is 9.47 Å². The van der Waals surface area contributed by atoms with Gasteiger partial charge in [0.2, 0.25) is 0 Å². The summed E-state index contributed by atoms with van der Waals surface area (Å²) in [5.74, 6) is 1.27. The average Bonchev–Trinajstić information content (AvgIpc) is 3.61. The molecule has 2 fully saturated rings. The minimum absolute atomic E-state index is 0.0414. The lowest BCUT2D eigenvalue weighted by atomic mass is 9.91. The van der Waals surface area contributed by atoms with E-state index < -0.39 is 0 Å². The number of carbonyl (C=O) groups excluding carboxylic acids is 1. The number of amides is 1. The number of hydrogen-bond donors (Lipinski definition) is 0. The van der Waals surface area contributed by atoms with Gasteiger partial charge in [-0.1, -0.05) is 41.9 Å². The molecule has 0 spiro atoms. The summed E-state index contributed by atoms with van der Waals surface area (Å²) in [6.45, 7) is 9.85. The van der Waals surface area contributed by atoms with Crippen LogP contribution in [0.2, 0.25) is 5.02 Å². The second-order valence-corrected chi connectivity index (χ2v) is 12.5. The van der Waals surface area contributed by atoms with E-state index in [-0.39, 0.29) is 12.5 Å². The van der Waals surface area contributed by atoms with Gasteiger partial charge < -0.3 is 19.1 Å². The van der Waals surface area contributed by atoms with Crippen LogP contribution in [-0.4, -0.2) is 60.1 Å². The zero-order valence-corrected chi connectivity index (χ0v) is 27.7. The zero-order valence-electron chi connectivity index (χ0n) is 26.9. The Morgan fingerprint density at radius 3 is 2.38 bits per heavy atom. The number of likely N-dealkylation sites (tertiary alicyclic amines) is 1. The van der Waals surface area contributed by atoms with E-state index in [0.29, 0.717) is 60.6 Å². The Labute approximate surface area is 281 Å². The molecule has 0 bridgehead atoms. The van der Waals surface area contributed by atoms with Gasteiger partial charge in [0.1, 0.15) is 30.8 Å².